The van der Waals surface area contributed by atoms with Crippen LogP contribution >= 0.6 is 0 Å². The highest BCUT2D eigenvalue weighted by molar-refractivity contribution is 5.81. The molecule has 1 fully saturated rings. The maximum absolute atomic E-state index is 12.9. The summed E-state index contributed by atoms with van der Waals surface area (Å²) in [4.78, 5) is 17.1. The Labute approximate surface area is 173 Å². The van der Waals surface area contributed by atoms with Crippen LogP contribution in [0.25, 0.3) is 0 Å². The molecular formula is C24H30N2O3. The second-order valence-corrected chi connectivity index (χ2v) is 7.91. The quantitative estimate of drug-likeness (QED) is 0.776. The Morgan fingerprint density at radius 1 is 0.897 bits per heavy atom. The van der Waals surface area contributed by atoms with Gasteiger partial charge in [0.15, 0.2) is 6.10 Å². The Morgan fingerprint density at radius 2 is 1.55 bits per heavy atom. The number of hydrogen-bond acceptors (Lipinski definition) is 4. The molecule has 5 heteroatoms. The molecule has 2 aliphatic rings. The molecule has 4 rings (SSSR count). The third-order valence-corrected chi connectivity index (χ3v) is 6.01. The zero-order valence-electron chi connectivity index (χ0n) is 17.4. The van der Waals surface area contributed by atoms with Crippen molar-refractivity contribution in [1.29, 1.82) is 0 Å². The number of hydrogen-bond donors (Lipinski definition) is 0. The smallest absolute Gasteiger partial charge is 0.263 e. The number of anilines is 1. The molecule has 0 bridgehead atoms. The lowest BCUT2D eigenvalue weighted by Gasteiger charge is -2.37. The van der Waals surface area contributed by atoms with Gasteiger partial charge in [-0.15, -0.1) is 0 Å². The number of piperazine rings is 1. The topological polar surface area (TPSA) is 42.0 Å². The molecule has 1 saturated heterocycles. The lowest BCUT2D eigenvalue weighted by Crippen LogP contribution is -2.52. The van der Waals surface area contributed by atoms with Gasteiger partial charge in [-0.3, -0.25) is 4.79 Å². The summed E-state index contributed by atoms with van der Waals surface area (Å²) < 4.78 is 11.2. The first-order valence-corrected chi connectivity index (χ1v) is 10.6. The van der Waals surface area contributed by atoms with Gasteiger partial charge >= 0.3 is 0 Å². The largest absolute Gasteiger partial charge is 0.497 e. The fraction of sp³-hybridized carbons (Fsp3) is 0.458. The predicted octanol–water partition coefficient (Wildman–Crippen LogP) is 3.69. The van der Waals surface area contributed by atoms with Crippen molar-refractivity contribution in [3.05, 3.63) is 53.6 Å². The van der Waals surface area contributed by atoms with E-state index in [0.717, 1.165) is 43.1 Å². The maximum atomic E-state index is 12.9. The monoisotopic (exact) mass is 394 g/mol. The van der Waals surface area contributed by atoms with Crippen molar-refractivity contribution in [3.63, 3.8) is 0 Å². The Morgan fingerprint density at radius 3 is 2.24 bits per heavy atom. The SMILES string of the molecule is COc1ccc(N2CCN(C(=O)C(C)Oc3ccc4c(c3)CCCC4)CC2)cc1. The summed E-state index contributed by atoms with van der Waals surface area (Å²) in [5.41, 5.74) is 3.97. The number of benzene rings is 2. The van der Waals surface area contributed by atoms with E-state index in [9.17, 15) is 4.79 Å². The van der Waals surface area contributed by atoms with Gasteiger partial charge in [-0.25, -0.2) is 0 Å². The number of amides is 1. The normalized spacial score (nSPS) is 17.4. The number of aryl methyl sites for hydroxylation is 2. The van der Waals surface area contributed by atoms with E-state index in [-0.39, 0.29) is 5.91 Å². The standard InChI is InChI=1S/C24H30N2O3/c1-18(29-23-10-7-19-5-3-4-6-20(19)17-23)24(27)26-15-13-25(14-16-26)21-8-11-22(28-2)12-9-21/h7-12,17-18H,3-6,13-16H2,1-2H3. The van der Waals surface area contributed by atoms with Gasteiger partial charge in [0.05, 0.1) is 7.11 Å². The number of carbonyl (C=O) groups is 1. The number of nitrogens with zero attached hydrogens (tertiary/aromatic N) is 2. The number of methoxy groups -OCH3 is 1. The summed E-state index contributed by atoms with van der Waals surface area (Å²) in [6.45, 7) is 4.93. The average molecular weight is 395 g/mol. The highest BCUT2D eigenvalue weighted by Gasteiger charge is 2.26. The minimum absolute atomic E-state index is 0.0668. The lowest BCUT2D eigenvalue weighted by atomic mass is 9.92. The van der Waals surface area contributed by atoms with Gasteiger partial charge in [-0.2, -0.15) is 0 Å². The molecule has 5 nitrogen and oxygen atoms in total. The highest BCUT2D eigenvalue weighted by atomic mass is 16.5. The minimum Gasteiger partial charge on any atom is -0.497 e. The van der Waals surface area contributed by atoms with Crippen LogP contribution in [0.3, 0.4) is 0 Å². The predicted molar refractivity (Wildman–Crippen MR) is 115 cm³/mol. The fourth-order valence-electron chi connectivity index (χ4n) is 4.27. The molecule has 0 N–H and O–H groups in total. The molecule has 1 aliphatic heterocycles. The Balaban J connectivity index is 1.31. The number of carbonyl (C=O) groups excluding carboxylic acids is 1. The van der Waals surface area contributed by atoms with E-state index in [1.54, 1.807) is 7.11 Å². The molecular weight excluding hydrogens is 364 g/mol. The molecule has 1 atom stereocenters. The molecule has 29 heavy (non-hydrogen) atoms. The zero-order chi connectivity index (χ0) is 20.2. The summed E-state index contributed by atoms with van der Waals surface area (Å²) in [5, 5.41) is 0. The van der Waals surface area contributed by atoms with Gasteiger partial charge in [0, 0.05) is 31.9 Å². The van der Waals surface area contributed by atoms with Crippen molar-refractivity contribution in [3.8, 4) is 11.5 Å². The van der Waals surface area contributed by atoms with E-state index < -0.39 is 6.10 Å². The van der Waals surface area contributed by atoms with Gasteiger partial charge in [0.2, 0.25) is 0 Å². The zero-order valence-corrected chi connectivity index (χ0v) is 17.4. The molecule has 0 saturated carbocycles. The summed E-state index contributed by atoms with van der Waals surface area (Å²) in [5.74, 6) is 1.73. The van der Waals surface area contributed by atoms with E-state index in [0.29, 0.717) is 13.1 Å². The molecule has 0 radical (unpaired) electrons. The molecule has 2 aromatic carbocycles. The third-order valence-electron chi connectivity index (χ3n) is 6.01. The van der Waals surface area contributed by atoms with Gasteiger partial charge in [0.25, 0.3) is 5.91 Å². The Bertz CT molecular complexity index is 842. The van der Waals surface area contributed by atoms with Crippen molar-refractivity contribution in [2.45, 2.75) is 38.7 Å². The second-order valence-electron chi connectivity index (χ2n) is 7.91. The molecule has 1 aliphatic carbocycles. The van der Waals surface area contributed by atoms with E-state index >= 15 is 0 Å². The van der Waals surface area contributed by atoms with Crippen LogP contribution in [0.2, 0.25) is 0 Å². The fourth-order valence-corrected chi connectivity index (χ4v) is 4.27. The van der Waals surface area contributed by atoms with E-state index in [1.807, 2.05) is 30.0 Å². The minimum atomic E-state index is -0.468. The van der Waals surface area contributed by atoms with Crippen LogP contribution < -0.4 is 14.4 Å². The van der Waals surface area contributed by atoms with E-state index in [4.69, 9.17) is 9.47 Å². The summed E-state index contributed by atoms with van der Waals surface area (Å²) >= 11 is 0. The van der Waals surface area contributed by atoms with Crippen molar-refractivity contribution in [1.82, 2.24) is 4.90 Å². The van der Waals surface area contributed by atoms with Crippen LogP contribution in [0, 0.1) is 0 Å². The second kappa shape index (κ2) is 8.76. The first kappa shape index (κ1) is 19.6. The molecule has 2 aromatic rings. The molecule has 1 unspecified atom stereocenters. The number of rotatable bonds is 5. The van der Waals surface area contributed by atoms with E-state index in [1.165, 1.54) is 24.0 Å². The van der Waals surface area contributed by atoms with Crippen LogP contribution in [0.5, 0.6) is 11.5 Å². The summed E-state index contributed by atoms with van der Waals surface area (Å²) in [6.07, 6.45) is 4.31. The van der Waals surface area contributed by atoms with Crippen LogP contribution in [0.1, 0.15) is 30.9 Å². The lowest BCUT2D eigenvalue weighted by molar-refractivity contribution is -0.138. The van der Waals surface area contributed by atoms with Crippen molar-refractivity contribution < 1.29 is 14.3 Å². The van der Waals surface area contributed by atoms with Crippen LogP contribution in [-0.2, 0) is 17.6 Å². The van der Waals surface area contributed by atoms with Crippen LogP contribution in [0.4, 0.5) is 5.69 Å². The van der Waals surface area contributed by atoms with E-state index in [2.05, 4.69) is 29.2 Å². The first-order chi connectivity index (χ1) is 14.1. The molecule has 154 valence electrons. The molecule has 0 spiro atoms. The average Bonchev–Trinajstić information content (AvgIpc) is 2.78. The molecule has 0 aromatic heterocycles. The molecule has 1 amide bonds. The van der Waals surface area contributed by atoms with Crippen molar-refractivity contribution in [2.24, 2.45) is 0 Å². The Kier molecular flexibility index (Phi) is 5.93. The number of fused-ring (bicyclic) bond motifs is 1. The van der Waals surface area contributed by atoms with Gasteiger partial charge in [-0.1, -0.05) is 6.07 Å². The molecule has 1 heterocycles. The first-order valence-electron chi connectivity index (χ1n) is 10.6. The third kappa shape index (κ3) is 4.50. The summed E-state index contributed by atoms with van der Waals surface area (Å²) in [7, 11) is 1.67. The highest BCUT2D eigenvalue weighted by Crippen LogP contribution is 2.26. The van der Waals surface area contributed by atoms with Gasteiger partial charge in [-0.05, 0) is 80.1 Å². The van der Waals surface area contributed by atoms with Gasteiger partial charge < -0.3 is 19.3 Å². The Hall–Kier alpha value is -2.69. The van der Waals surface area contributed by atoms with Crippen molar-refractivity contribution >= 4 is 11.6 Å². The van der Waals surface area contributed by atoms with Crippen LogP contribution in [-0.4, -0.2) is 50.2 Å². The maximum Gasteiger partial charge on any atom is 0.263 e. The van der Waals surface area contributed by atoms with Gasteiger partial charge in [0.1, 0.15) is 11.5 Å². The van der Waals surface area contributed by atoms with Crippen molar-refractivity contribution in [2.75, 3.05) is 38.2 Å². The number of ether oxygens (including phenoxy) is 2. The van der Waals surface area contributed by atoms with Crippen LogP contribution in [0.15, 0.2) is 42.5 Å². The summed E-state index contributed by atoms with van der Waals surface area (Å²) in [6, 6.07) is 14.4.